The first-order chi connectivity index (χ1) is 14.0. The summed E-state index contributed by atoms with van der Waals surface area (Å²) in [7, 11) is 0. The number of hydrogen-bond donors (Lipinski definition) is 1. The fourth-order valence-corrected chi connectivity index (χ4v) is 2.74. The van der Waals surface area contributed by atoms with Crippen LogP contribution in [0.2, 0.25) is 0 Å². The minimum atomic E-state index is -4.77. The first-order valence-corrected chi connectivity index (χ1v) is 8.79. The van der Waals surface area contributed by atoms with E-state index in [9.17, 15) is 38.4 Å². The predicted molar refractivity (Wildman–Crippen MR) is 102 cm³/mol. The van der Waals surface area contributed by atoms with E-state index in [1.54, 1.807) is 6.07 Å². The van der Waals surface area contributed by atoms with E-state index in [1.165, 1.54) is 6.92 Å². The zero-order valence-corrected chi connectivity index (χ0v) is 16.0. The summed E-state index contributed by atoms with van der Waals surface area (Å²) in [6.07, 6.45) is -2.52. The van der Waals surface area contributed by atoms with Crippen molar-refractivity contribution in [2.45, 2.75) is 39.4 Å². The minimum absolute atomic E-state index is 0.0311. The number of halogens is 3. The van der Waals surface area contributed by atoms with Crippen LogP contribution in [0.3, 0.4) is 0 Å². The van der Waals surface area contributed by atoms with Crippen molar-refractivity contribution in [1.29, 1.82) is 5.26 Å². The second-order valence-electron chi connectivity index (χ2n) is 6.38. The van der Waals surface area contributed by atoms with Crippen molar-refractivity contribution in [2.24, 2.45) is 4.99 Å². The van der Waals surface area contributed by atoms with E-state index in [-0.39, 0.29) is 28.9 Å². The summed E-state index contributed by atoms with van der Waals surface area (Å²) in [6, 6.07) is 3.61. The normalized spacial score (nSPS) is 11.6. The highest BCUT2D eigenvalue weighted by Gasteiger charge is 2.33. The van der Waals surface area contributed by atoms with Crippen molar-refractivity contribution in [3.8, 4) is 11.9 Å². The fraction of sp³-hybridized carbons (Fsp3) is 0.316. The molecular weight excluding hydrogens is 405 g/mol. The second kappa shape index (κ2) is 8.77. The number of nitrogens with zero attached hydrogens (tertiary/aromatic N) is 4. The molecule has 0 amide bonds. The van der Waals surface area contributed by atoms with Crippen LogP contribution in [0.5, 0.6) is 5.88 Å². The molecule has 0 aliphatic carbocycles. The third-order valence-corrected chi connectivity index (χ3v) is 4.41. The molecule has 1 aromatic heterocycles. The molecule has 0 saturated heterocycles. The van der Waals surface area contributed by atoms with Crippen molar-refractivity contribution in [1.82, 2.24) is 4.57 Å². The SMILES string of the molecule is CCCCn1c(O)c(C=Nc2ccc(C(F)(F)F)cc2[N+](=O)[O-])c(C)c(C#N)c1=O. The van der Waals surface area contributed by atoms with E-state index >= 15 is 0 Å². The third-order valence-electron chi connectivity index (χ3n) is 4.41. The van der Waals surface area contributed by atoms with Gasteiger partial charge < -0.3 is 5.11 Å². The standard InChI is InChI=1S/C19H17F3N4O4/c1-3-4-7-25-17(27)13(9-23)11(2)14(18(25)28)10-24-15-6-5-12(19(20,21)22)8-16(15)26(29)30/h5-6,8,10,28H,3-4,7H2,1-2H3. The highest BCUT2D eigenvalue weighted by Crippen LogP contribution is 2.36. The molecule has 0 bridgehead atoms. The van der Waals surface area contributed by atoms with Crippen LogP contribution in [0.25, 0.3) is 0 Å². The molecule has 0 atom stereocenters. The maximum absolute atomic E-state index is 12.8. The van der Waals surface area contributed by atoms with Crippen molar-refractivity contribution in [3.63, 3.8) is 0 Å². The van der Waals surface area contributed by atoms with Gasteiger partial charge in [-0.25, -0.2) is 4.99 Å². The first kappa shape index (κ1) is 22.6. The van der Waals surface area contributed by atoms with Crippen LogP contribution in [-0.4, -0.2) is 20.8 Å². The number of nitro benzene ring substituents is 1. The molecule has 0 fully saturated rings. The van der Waals surface area contributed by atoms with Gasteiger partial charge in [0, 0.05) is 18.8 Å². The number of aromatic hydroxyl groups is 1. The Morgan fingerprint density at radius 3 is 2.60 bits per heavy atom. The van der Waals surface area contributed by atoms with E-state index < -0.39 is 33.8 Å². The quantitative estimate of drug-likeness (QED) is 0.425. The van der Waals surface area contributed by atoms with Gasteiger partial charge in [0.25, 0.3) is 11.2 Å². The molecule has 0 aliphatic heterocycles. The number of hydrogen-bond acceptors (Lipinski definition) is 6. The maximum Gasteiger partial charge on any atom is 0.416 e. The molecule has 2 rings (SSSR count). The molecule has 30 heavy (non-hydrogen) atoms. The molecule has 11 heteroatoms. The van der Waals surface area contributed by atoms with Crippen molar-refractivity contribution >= 4 is 17.6 Å². The van der Waals surface area contributed by atoms with Gasteiger partial charge in [-0.2, -0.15) is 18.4 Å². The average Bonchev–Trinajstić information content (AvgIpc) is 2.67. The number of nitro groups is 1. The summed E-state index contributed by atoms with van der Waals surface area (Å²) in [5, 5.41) is 31.0. The van der Waals surface area contributed by atoms with Gasteiger partial charge >= 0.3 is 6.18 Å². The Morgan fingerprint density at radius 2 is 2.07 bits per heavy atom. The second-order valence-corrected chi connectivity index (χ2v) is 6.38. The Bertz CT molecular complexity index is 1110. The summed E-state index contributed by atoms with van der Waals surface area (Å²) >= 11 is 0. The van der Waals surface area contributed by atoms with Gasteiger partial charge in [-0.15, -0.1) is 0 Å². The summed E-state index contributed by atoms with van der Waals surface area (Å²) in [5.74, 6) is -0.483. The van der Waals surface area contributed by atoms with Gasteiger partial charge in [-0.3, -0.25) is 19.5 Å². The predicted octanol–water partition coefficient (Wildman–Crippen LogP) is 4.21. The van der Waals surface area contributed by atoms with Crippen LogP contribution in [0.1, 0.15) is 42.0 Å². The summed E-state index contributed by atoms with van der Waals surface area (Å²) < 4.78 is 39.5. The van der Waals surface area contributed by atoms with Gasteiger partial charge in [-0.1, -0.05) is 13.3 Å². The molecule has 0 radical (unpaired) electrons. The number of rotatable bonds is 6. The number of nitriles is 1. The van der Waals surface area contributed by atoms with Crippen LogP contribution in [0.4, 0.5) is 24.5 Å². The Labute approximate surface area is 168 Å². The molecule has 0 spiro atoms. The summed E-state index contributed by atoms with van der Waals surface area (Å²) in [6.45, 7) is 3.40. The number of alkyl halides is 3. The van der Waals surface area contributed by atoms with Gasteiger partial charge in [-0.05, 0) is 31.0 Å². The molecular formula is C19H17F3N4O4. The zero-order valence-electron chi connectivity index (χ0n) is 16.0. The lowest BCUT2D eigenvalue weighted by molar-refractivity contribution is -0.384. The van der Waals surface area contributed by atoms with Crippen LogP contribution in [-0.2, 0) is 12.7 Å². The molecule has 0 saturated carbocycles. The molecule has 8 nitrogen and oxygen atoms in total. The van der Waals surface area contributed by atoms with Gasteiger partial charge in [0.05, 0.1) is 16.1 Å². The first-order valence-electron chi connectivity index (χ1n) is 8.79. The molecule has 0 unspecified atom stereocenters. The molecule has 1 N–H and O–H groups in total. The number of aliphatic imine (C=N–C) groups is 1. The highest BCUT2D eigenvalue weighted by atomic mass is 19.4. The van der Waals surface area contributed by atoms with Crippen molar-refractivity contribution < 1.29 is 23.2 Å². The van der Waals surface area contributed by atoms with Crippen LogP contribution in [0, 0.1) is 28.4 Å². The molecule has 1 aromatic carbocycles. The van der Waals surface area contributed by atoms with Gasteiger partial charge in [0.1, 0.15) is 17.3 Å². The minimum Gasteiger partial charge on any atom is -0.494 e. The molecule has 158 valence electrons. The third kappa shape index (κ3) is 4.48. The average molecular weight is 422 g/mol. The Morgan fingerprint density at radius 1 is 1.40 bits per heavy atom. The van der Waals surface area contributed by atoms with Gasteiger partial charge in [0.15, 0.2) is 0 Å². The lowest BCUT2D eigenvalue weighted by Crippen LogP contribution is -2.25. The van der Waals surface area contributed by atoms with E-state index in [0.717, 1.165) is 16.8 Å². The molecule has 0 aliphatic rings. The maximum atomic E-state index is 12.8. The number of benzene rings is 1. The number of aromatic nitrogens is 1. The van der Waals surface area contributed by atoms with E-state index in [2.05, 4.69) is 4.99 Å². The topological polar surface area (TPSA) is 122 Å². The van der Waals surface area contributed by atoms with E-state index in [0.29, 0.717) is 25.0 Å². The van der Waals surface area contributed by atoms with Crippen LogP contribution < -0.4 is 5.56 Å². The summed E-state index contributed by atoms with van der Waals surface area (Å²) in [4.78, 5) is 26.4. The lowest BCUT2D eigenvalue weighted by Gasteiger charge is -2.13. The Balaban J connectivity index is 2.64. The lowest BCUT2D eigenvalue weighted by atomic mass is 10.1. The number of unbranched alkanes of at least 4 members (excludes halogenated alkanes) is 1. The Hall–Kier alpha value is -3.68. The fourth-order valence-electron chi connectivity index (χ4n) is 2.74. The van der Waals surface area contributed by atoms with Gasteiger partial charge in [0.2, 0.25) is 5.88 Å². The molecule has 1 heterocycles. The Kier molecular flexibility index (Phi) is 6.61. The van der Waals surface area contributed by atoms with Crippen molar-refractivity contribution in [2.75, 3.05) is 0 Å². The summed E-state index contributed by atoms with van der Waals surface area (Å²) in [5.41, 5.74) is -3.30. The number of pyridine rings is 1. The molecule has 2 aromatic rings. The smallest absolute Gasteiger partial charge is 0.416 e. The largest absolute Gasteiger partial charge is 0.494 e. The highest BCUT2D eigenvalue weighted by molar-refractivity contribution is 5.88. The van der Waals surface area contributed by atoms with Crippen LogP contribution in [0.15, 0.2) is 28.0 Å². The van der Waals surface area contributed by atoms with E-state index in [1.807, 2.05) is 6.92 Å². The van der Waals surface area contributed by atoms with E-state index in [4.69, 9.17) is 0 Å². The van der Waals surface area contributed by atoms with Crippen LogP contribution >= 0.6 is 0 Å². The monoisotopic (exact) mass is 422 g/mol. The van der Waals surface area contributed by atoms with Crippen molar-refractivity contribution in [3.05, 3.63) is 60.9 Å². The zero-order chi connectivity index (χ0) is 22.6.